The van der Waals surface area contributed by atoms with Crippen molar-refractivity contribution in [1.29, 1.82) is 0 Å². The van der Waals surface area contributed by atoms with Crippen molar-refractivity contribution in [3.8, 4) is 39.8 Å². The number of rotatable bonds is 4. The summed E-state index contributed by atoms with van der Waals surface area (Å²) in [6, 6.07) is 65.3. The highest BCUT2D eigenvalue weighted by molar-refractivity contribution is 6.10. The molecule has 4 heteroatoms. The fraction of sp³-hybridized carbons (Fsp3) is 0.0545. The van der Waals surface area contributed by atoms with Gasteiger partial charge in [-0.15, -0.1) is 0 Å². The van der Waals surface area contributed by atoms with E-state index >= 15 is 0 Å². The lowest BCUT2D eigenvalue weighted by Gasteiger charge is -2.32. The van der Waals surface area contributed by atoms with Gasteiger partial charge in [0.2, 0.25) is 0 Å². The molecule has 59 heavy (non-hydrogen) atoms. The normalized spacial score (nSPS) is 16.5. The molecule has 4 aliphatic rings. The van der Waals surface area contributed by atoms with Crippen LogP contribution in [0.25, 0.3) is 44.2 Å². The Kier molecular flexibility index (Phi) is 6.74. The molecule has 1 aliphatic heterocycles. The lowest BCUT2D eigenvalue weighted by Crippen LogP contribution is -2.26. The van der Waals surface area contributed by atoms with Crippen molar-refractivity contribution in [2.24, 2.45) is 0 Å². The third kappa shape index (κ3) is 4.43. The molecule has 0 saturated heterocycles. The predicted molar refractivity (Wildman–Crippen MR) is 239 cm³/mol. The van der Waals surface area contributed by atoms with Crippen molar-refractivity contribution in [2.45, 2.75) is 18.3 Å². The molecule has 4 nitrogen and oxygen atoms in total. The van der Waals surface area contributed by atoms with Crippen LogP contribution < -0.4 is 14.4 Å². The van der Waals surface area contributed by atoms with E-state index in [1.165, 1.54) is 55.3 Å². The second kappa shape index (κ2) is 12.2. The molecule has 8 aromatic carbocycles. The van der Waals surface area contributed by atoms with Gasteiger partial charge in [0.25, 0.3) is 0 Å². The maximum atomic E-state index is 7.16. The number of ether oxygens (including phenoxy) is 2. The van der Waals surface area contributed by atoms with Gasteiger partial charge in [0.05, 0.1) is 22.1 Å². The van der Waals surface area contributed by atoms with Gasteiger partial charge in [-0.05, 0) is 112 Å². The molecule has 1 aromatic heterocycles. The molecule has 278 valence electrons. The Balaban J connectivity index is 0.978. The summed E-state index contributed by atoms with van der Waals surface area (Å²) in [5, 5.41) is 2.44. The molecule has 0 amide bonds. The fourth-order valence-corrected chi connectivity index (χ4v) is 10.6. The van der Waals surface area contributed by atoms with Crippen LogP contribution in [0.3, 0.4) is 0 Å². The summed E-state index contributed by atoms with van der Waals surface area (Å²) in [4.78, 5) is 2.31. The van der Waals surface area contributed by atoms with Crippen molar-refractivity contribution in [3.05, 3.63) is 222 Å². The molecule has 2 heterocycles. The number of hydrogen-bond acceptors (Lipinski definition) is 3. The smallest absolute Gasteiger partial charge is 0.178 e. The van der Waals surface area contributed by atoms with E-state index in [-0.39, 0.29) is 0 Å². The molecular weight excluding hydrogens is 721 g/mol. The van der Waals surface area contributed by atoms with Gasteiger partial charge >= 0.3 is 0 Å². The number of anilines is 3. The van der Waals surface area contributed by atoms with Crippen molar-refractivity contribution in [2.75, 3.05) is 4.90 Å². The van der Waals surface area contributed by atoms with Gasteiger partial charge in [0.15, 0.2) is 23.0 Å². The summed E-state index contributed by atoms with van der Waals surface area (Å²) in [5.41, 5.74) is 16.4. The quantitative estimate of drug-likeness (QED) is 0.179. The van der Waals surface area contributed by atoms with Crippen molar-refractivity contribution < 1.29 is 9.47 Å². The van der Waals surface area contributed by atoms with Crippen LogP contribution in [0.4, 0.5) is 17.1 Å². The van der Waals surface area contributed by atoms with E-state index < -0.39 is 5.41 Å². The highest BCUT2D eigenvalue weighted by Crippen LogP contribution is 2.67. The number of benzene rings is 8. The van der Waals surface area contributed by atoms with Gasteiger partial charge in [-0.2, -0.15) is 0 Å². The SMILES string of the molecule is C1=C2C(=CCC1)C1(c3ccccc32)c2ccccc2-c2c1ccc1c2Oc2cc(N(c3ccccc3)c3ccc4c5ccccc5n(-c5ccccc5)c4c3)ccc2O1. The minimum atomic E-state index is -0.416. The molecular formula is C55H36N2O2. The molecule has 9 aromatic rings. The van der Waals surface area contributed by atoms with Crippen molar-refractivity contribution in [3.63, 3.8) is 0 Å². The monoisotopic (exact) mass is 756 g/mol. The van der Waals surface area contributed by atoms with E-state index in [2.05, 4.69) is 198 Å². The van der Waals surface area contributed by atoms with E-state index in [9.17, 15) is 0 Å². The average molecular weight is 757 g/mol. The zero-order chi connectivity index (χ0) is 38.7. The largest absolute Gasteiger partial charge is 0.449 e. The Bertz CT molecular complexity index is 3280. The molecule has 1 unspecified atom stereocenters. The van der Waals surface area contributed by atoms with Gasteiger partial charge in [-0.1, -0.05) is 127 Å². The lowest BCUT2D eigenvalue weighted by molar-refractivity contribution is 0.360. The summed E-state index contributed by atoms with van der Waals surface area (Å²) in [6.07, 6.45) is 7.01. The molecule has 0 bridgehead atoms. The van der Waals surface area contributed by atoms with Gasteiger partial charge < -0.3 is 18.9 Å². The van der Waals surface area contributed by atoms with E-state index in [1.807, 2.05) is 6.07 Å². The molecule has 0 N–H and O–H groups in total. The van der Waals surface area contributed by atoms with Gasteiger partial charge in [0.1, 0.15) is 0 Å². The summed E-state index contributed by atoms with van der Waals surface area (Å²) in [6.45, 7) is 0. The summed E-state index contributed by atoms with van der Waals surface area (Å²) >= 11 is 0. The molecule has 3 aliphatic carbocycles. The number of nitrogens with zero attached hydrogens (tertiary/aromatic N) is 2. The number of aromatic nitrogens is 1. The predicted octanol–water partition coefficient (Wildman–Crippen LogP) is 14.6. The minimum Gasteiger partial charge on any atom is -0.449 e. The third-order valence-corrected chi connectivity index (χ3v) is 12.9. The van der Waals surface area contributed by atoms with Crippen molar-refractivity contribution in [1.82, 2.24) is 4.57 Å². The first-order chi connectivity index (χ1) is 29.3. The maximum absolute atomic E-state index is 7.16. The maximum Gasteiger partial charge on any atom is 0.178 e. The number of allylic oxidation sites excluding steroid dienone is 4. The summed E-state index contributed by atoms with van der Waals surface area (Å²) < 4.78 is 16.3. The third-order valence-electron chi connectivity index (χ3n) is 12.9. The summed E-state index contributed by atoms with van der Waals surface area (Å²) in [7, 11) is 0. The second-order valence-corrected chi connectivity index (χ2v) is 15.9. The first-order valence-electron chi connectivity index (χ1n) is 20.5. The summed E-state index contributed by atoms with van der Waals surface area (Å²) in [5.74, 6) is 2.88. The second-order valence-electron chi connectivity index (χ2n) is 15.9. The molecule has 1 atom stereocenters. The van der Waals surface area contributed by atoms with E-state index in [0.29, 0.717) is 11.5 Å². The Hall–Kier alpha value is -7.56. The van der Waals surface area contributed by atoms with Crippen LogP contribution in [0.5, 0.6) is 23.0 Å². The average Bonchev–Trinajstić information content (AvgIpc) is 3.91. The van der Waals surface area contributed by atoms with Crippen LogP contribution in [0.15, 0.2) is 200 Å². The van der Waals surface area contributed by atoms with Crippen LogP contribution in [0, 0.1) is 0 Å². The number of para-hydroxylation sites is 3. The lowest BCUT2D eigenvalue weighted by atomic mass is 9.69. The molecule has 0 saturated carbocycles. The van der Waals surface area contributed by atoms with Crippen molar-refractivity contribution >= 4 is 44.4 Å². The van der Waals surface area contributed by atoms with Crippen LogP contribution in [0.2, 0.25) is 0 Å². The van der Waals surface area contributed by atoms with E-state index in [0.717, 1.165) is 58.2 Å². The van der Waals surface area contributed by atoms with E-state index in [4.69, 9.17) is 9.47 Å². The Morgan fingerprint density at radius 3 is 1.98 bits per heavy atom. The Morgan fingerprint density at radius 1 is 0.458 bits per heavy atom. The van der Waals surface area contributed by atoms with Gasteiger partial charge in [-0.25, -0.2) is 0 Å². The molecule has 0 fully saturated rings. The highest BCUT2D eigenvalue weighted by Gasteiger charge is 2.54. The standard InChI is InChI=1S/C55H36N2O2/c1-3-15-35(16-4-1)56(37-27-29-42-41-21-10-14-26-48(41)57(49(42)33-37)36-17-5-2-6-18-36)38-28-31-50-52(34-38)59-54-51(58-50)32-30-47-53(54)43-22-9-13-25-46(43)55(47)44-23-11-7-19-39(44)40-20-8-12-24-45(40)55/h1-7,9-11,13-34H,8,12H2. The van der Waals surface area contributed by atoms with Gasteiger partial charge in [-0.3, -0.25) is 0 Å². The zero-order valence-corrected chi connectivity index (χ0v) is 32.1. The minimum absolute atomic E-state index is 0.416. The van der Waals surface area contributed by atoms with Crippen LogP contribution in [-0.4, -0.2) is 4.57 Å². The Morgan fingerprint density at radius 2 is 1.12 bits per heavy atom. The van der Waals surface area contributed by atoms with Gasteiger partial charge in [0, 0.05) is 39.5 Å². The first kappa shape index (κ1) is 32.5. The number of hydrogen-bond donors (Lipinski definition) is 0. The highest BCUT2D eigenvalue weighted by atomic mass is 16.6. The fourth-order valence-electron chi connectivity index (χ4n) is 10.6. The zero-order valence-electron chi connectivity index (χ0n) is 32.1. The van der Waals surface area contributed by atoms with Crippen LogP contribution in [0.1, 0.15) is 35.1 Å². The first-order valence-corrected chi connectivity index (χ1v) is 20.5. The van der Waals surface area contributed by atoms with Crippen LogP contribution in [-0.2, 0) is 5.41 Å². The molecule has 1 spiro atoms. The Labute approximate surface area is 342 Å². The number of fused-ring (bicyclic) bond motifs is 16. The topological polar surface area (TPSA) is 26.6 Å². The van der Waals surface area contributed by atoms with E-state index in [1.54, 1.807) is 0 Å². The molecule has 0 radical (unpaired) electrons. The molecule has 13 rings (SSSR count). The van der Waals surface area contributed by atoms with Crippen LogP contribution >= 0.6 is 0 Å².